The van der Waals surface area contributed by atoms with E-state index in [4.69, 9.17) is 0 Å². The van der Waals surface area contributed by atoms with Crippen molar-refractivity contribution in [2.24, 2.45) is 0 Å². The van der Waals surface area contributed by atoms with Crippen LogP contribution in [0.1, 0.15) is 18.4 Å². The van der Waals surface area contributed by atoms with Crippen molar-refractivity contribution < 1.29 is 14.7 Å². The SMILES string of the molecule is CC(=O)NCC(C(=O)O)c1c[nH]c2ccccc12. The Hall–Kier alpha value is -2.30. The molecule has 1 atom stereocenters. The average molecular weight is 246 g/mol. The topological polar surface area (TPSA) is 82.2 Å². The first-order valence-electron chi connectivity index (χ1n) is 5.63. The number of para-hydroxylation sites is 1. The Morgan fingerprint density at radius 2 is 2.11 bits per heavy atom. The smallest absolute Gasteiger partial charge is 0.312 e. The summed E-state index contributed by atoms with van der Waals surface area (Å²) in [5, 5.41) is 12.7. The van der Waals surface area contributed by atoms with Crippen LogP contribution in [0.3, 0.4) is 0 Å². The number of aromatic nitrogens is 1. The minimum atomic E-state index is -0.950. The van der Waals surface area contributed by atoms with Crippen LogP contribution in [0.5, 0.6) is 0 Å². The number of carboxylic acids is 1. The van der Waals surface area contributed by atoms with Gasteiger partial charge in [0.15, 0.2) is 0 Å². The van der Waals surface area contributed by atoms with Crippen LogP contribution in [-0.4, -0.2) is 28.5 Å². The highest BCUT2D eigenvalue weighted by Crippen LogP contribution is 2.25. The van der Waals surface area contributed by atoms with Crippen LogP contribution in [0, 0.1) is 0 Å². The van der Waals surface area contributed by atoms with Crippen LogP contribution >= 0.6 is 0 Å². The van der Waals surface area contributed by atoms with E-state index in [-0.39, 0.29) is 12.5 Å². The van der Waals surface area contributed by atoms with Crippen LogP contribution in [0.4, 0.5) is 0 Å². The Balaban J connectivity index is 2.36. The highest BCUT2D eigenvalue weighted by atomic mass is 16.4. The Labute approximate surface area is 104 Å². The van der Waals surface area contributed by atoms with Gasteiger partial charge in [-0.1, -0.05) is 18.2 Å². The minimum Gasteiger partial charge on any atom is -0.481 e. The summed E-state index contributed by atoms with van der Waals surface area (Å²) in [7, 11) is 0. The lowest BCUT2D eigenvalue weighted by Crippen LogP contribution is -2.29. The van der Waals surface area contributed by atoms with E-state index in [0.717, 1.165) is 10.9 Å². The van der Waals surface area contributed by atoms with Gasteiger partial charge >= 0.3 is 5.97 Å². The molecule has 0 bridgehead atoms. The number of carbonyl (C=O) groups is 2. The van der Waals surface area contributed by atoms with Gasteiger partial charge in [-0.2, -0.15) is 0 Å². The maximum atomic E-state index is 11.3. The van der Waals surface area contributed by atoms with E-state index in [1.807, 2.05) is 24.3 Å². The number of aromatic amines is 1. The molecule has 0 aliphatic rings. The molecule has 5 nitrogen and oxygen atoms in total. The summed E-state index contributed by atoms with van der Waals surface area (Å²) >= 11 is 0. The normalized spacial score (nSPS) is 12.3. The number of hydrogen-bond acceptors (Lipinski definition) is 2. The zero-order valence-electron chi connectivity index (χ0n) is 9.93. The van der Waals surface area contributed by atoms with E-state index < -0.39 is 11.9 Å². The molecular weight excluding hydrogens is 232 g/mol. The van der Waals surface area contributed by atoms with Crippen molar-refractivity contribution in [3.05, 3.63) is 36.0 Å². The standard InChI is InChI=1S/C13H14N2O3/c1-8(16)14-7-11(13(17)18)10-6-15-12-5-3-2-4-9(10)12/h2-6,11,15H,7H2,1H3,(H,14,16)(H,17,18). The molecule has 2 rings (SSSR count). The maximum Gasteiger partial charge on any atom is 0.312 e. The van der Waals surface area contributed by atoms with Crippen LogP contribution in [0.2, 0.25) is 0 Å². The predicted molar refractivity (Wildman–Crippen MR) is 67.4 cm³/mol. The molecule has 0 saturated heterocycles. The third-order valence-corrected chi connectivity index (χ3v) is 2.85. The lowest BCUT2D eigenvalue weighted by molar-refractivity contribution is -0.138. The van der Waals surface area contributed by atoms with E-state index in [1.165, 1.54) is 6.92 Å². The number of fused-ring (bicyclic) bond motifs is 1. The Kier molecular flexibility index (Phi) is 3.32. The Morgan fingerprint density at radius 3 is 2.78 bits per heavy atom. The minimum absolute atomic E-state index is 0.0898. The molecule has 1 amide bonds. The highest BCUT2D eigenvalue weighted by Gasteiger charge is 2.22. The van der Waals surface area contributed by atoms with Crippen molar-refractivity contribution in [3.63, 3.8) is 0 Å². The quantitative estimate of drug-likeness (QED) is 0.764. The predicted octanol–water partition coefficient (Wildman–Crippen LogP) is 1.47. The molecule has 1 unspecified atom stereocenters. The van der Waals surface area contributed by atoms with Crippen molar-refractivity contribution in [1.82, 2.24) is 10.3 Å². The summed E-state index contributed by atoms with van der Waals surface area (Å²) in [6.07, 6.45) is 1.69. The largest absolute Gasteiger partial charge is 0.481 e. The van der Waals surface area contributed by atoms with E-state index in [0.29, 0.717) is 5.56 Å². The molecule has 2 aromatic rings. The first-order chi connectivity index (χ1) is 8.59. The molecule has 1 heterocycles. The molecule has 18 heavy (non-hydrogen) atoms. The molecule has 3 N–H and O–H groups in total. The van der Waals surface area contributed by atoms with Crippen LogP contribution in [-0.2, 0) is 9.59 Å². The van der Waals surface area contributed by atoms with Crippen molar-refractivity contribution in [3.8, 4) is 0 Å². The molecule has 1 aromatic heterocycles. The van der Waals surface area contributed by atoms with Crippen LogP contribution in [0.25, 0.3) is 10.9 Å². The van der Waals surface area contributed by atoms with Gasteiger partial charge in [-0.25, -0.2) is 0 Å². The second-order valence-electron chi connectivity index (χ2n) is 4.12. The third kappa shape index (κ3) is 2.34. The fraction of sp³-hybridized carbons (Fsp3) is 0.231. The van der Waals surface area contributed by atoms with E-state index in [1.54, 1.807) is 6.20 Å². The van der Waals surface area contributed by atoms with Crippen molar-refractivity contribution in [2.75, 3.05) is 6.54 Å². The zero-order chi connectivity index (χ0) is 13.1. The lowest BCUT2D eigenvalue weighted by Gasteiger charge is -2.11. The zero-order valence-corrected chi connectivity index (χ0v) is 9.93. The number of rotatable bonds is 4. The number of amides is 1. The average Bonchev–Trinajstić information content (AvgIpc) is 2.73. The summed E-state index contributed by atoms with van der Waals surface area (Å²) in [6.45, 7) is 1.46. The first-order valence-corrected chi connectivity index (χ1v) is 5.63. The molecule has 0 aliphatic carbocycles. The highest BCUT2D eigenvalue weighted by molar-refractivity contribution is 5.89. The van der Waals surface area contributed by atoms with Gasteiger partial charge in [0.2, 0.25) is 5.91 Å². The molecule has 94 valence electrons. The van der Waals surface area contributed by atoms with Gasteiger partial charge in [-0.3, -0.25) is 9.59 Å². The fourth-order valence-corrected chi connectivity index (χ4v) is 1.96. The monoisotopic (exact) mass is 246 g/mol. The number of carbonyl (C=O) groups excluding carboxylic acids is 1. The van der Waals surface area contributed by atoms with Crippen LogP contribution < -0.4 is 5.32 Å². The van der Waals surface area contributed by atoms with Gasteiger partial charge in [0.1, 0.15) is 5.92 Å². The summed E-state index contributed by atoms with van der Waals surface area (Å²) in [5.74, 6) is -1.93. The number of H-pyrrole nitrogens is 1. The number of aliphatic carboxylic acids is 1. The van der Waals surface area contributed by atoms with Crippen molar-refractivity contribution in [1.29, 1.82) is 0 Å². The molecule has 1 aromatic carbocycles. The van der Waals surface area contributed by atoms with E-state index in [2.05, 4.69) is 10.3 Å². The summed E-state index contributed by atoms with van der Waals surface area (Å²) in [5.41, 5.74) is 1.58. The fourth-order valence-electron chi connectivity index (χ4n) is 1.96. The van der Waals surface area contributed by atoms with Gasteiger partial charge in [-0.05, 0) is 11.6 Å². The number of nitrogens with one attached hydrogen (secondary N) is 2. The Morgan fingerprint density at radius 1 is 1.39 bits per heavy atom. The molecule has 0 radical (unpaired) electrons. The van der Waals surface area contributed by atoms with E-state index >= 15 is 0 Å². The second kappa shape index (κ2) is 4.91. The molecular formula is C13H14N2O3. The van der Waals surface area contributed by atoms with Crippen molar-refractivity contribution in [2.45, 2.75) is 12.8 Å². The lowest BCUT2D eigenvalue weighted by atomic mass is 9.98. The Bertz CT molecular complexity index is 589. The van der Waals surface area contributed by atoms with Gasteiger partial charge in [-0.15, -0.1) is 0 Å². The number of carboxylic acid groups (broad SMARTS) is 1. The third-order valence-electron chi connectivity index (χ3n) is 2.85. The van der Waals surface area contributed by atoms with Crippen LogP contribution in [0.15, 0.2) is 30.5 Å². The van der Waals surface area contributed by atoms with Gasteiger partial charge in [0.05, 0.1) is 0 Å². The molecule has 0 aliphatic heterocycles. The molecule has 0 saturated carbocycles. The van der Waals surface area contributed by atoms with Gasteiger partial charge in [0, 0.05) is 30.6 Å². The van der Waals surface area contributed by atoms with E-state index in [9.17, 15) is 14.7 Å². The number of benzene rings is 1. The molecule has 5 heteroatoms. The summed E-state index contributed by atoms with van der Waals surface area (Å²) in [4.78, 5) is 25.2. The van der Waals surface area contributed by atoms with Gasteiger partial charge < -0.3 is 15.4 Å². The maximum absolute atomic E-state index is 11.3. The summed E-state index contributed by atoms with van der Waals surface area (Å²) in [6, 6.07) is 7.49. The molecule has 0 spiro atoms. The first kappa shape index (κ1) is 12.2. The summed E-state index contributed by atoms with van der Waals surface area (Å²) < 4.78 is 0. The number of hydrogen-bond donors (Lipinski definition) is 3. The van der Waals surface area contributed by atoms with Crippen molar-refractivity contribution >= 4 is 22.8 Å². The second-order valence-corrected chi connectivity index (χ2v) is 4.12. The van der Waals surface area contributed by atoms with Gasteiger partial charge in [0.25, 0.3) is 0 Å². The molecule has 0 fully saturated rings.